The van der Waals surface area contributed by atoms with Gasteiger partial charge >= 0.3 is 0 Å². The molecule has 0 amide bonds. The van der Waals surface area contributed by atoms with Crippen LogP contribution in [0.25, 0.3) is 11.4 Å². The molecule has 0 bridgehead atoms. The first kappa shape index (κ1) is 15.7. The number of nitrogens with zero attached hydrogens (tertiary/aromatic N) is 2. The molecule has 0 spiro atoms. The van der Waals surface area contributed by atoms with Gasteiger partial charge in [0.1, 0.15) is 11.5 Å². The Morgan fingerprint density at radius 3 is 2.44 bits per heavy atom. The molecule has 1 saturated carbocycles. The first-order valence-corrected chi connectivity index (χ1v) is 8.64. The number of hydrogen-bond donors (Lipinski definition) is 1. The predicted octanol–water partition coefficient (Wildman–Crippen LogP) is 4.35. The molecule has 0 saturated heterocycles. The second-order valence-corrected chi connectivity index (χ2v) is 6.40. The Kier molecular flexibility index (Phi) is 4.37. The normalized spacial score (nSPS) is 14.7. The van der Waals surface area contributed by atoms with Crippen LogP contribution in [-0.2, 0) is 6.42 Å². The van der Waals surface area contributed by atoms with Crippen LogP contribution in [0.2, 0.25) is 0 Å². The molecule has 3 aromatic rings. The lowest BCUT2D eigenvalue weighted by molar-refractivity contribution is 0.210. The highest BCUT2D eigenvalue weighted by Crippen LogP contribution is 2.26. The molecule has 1 heterocycles. The van der Waals surface area contributed by atoms with Crippen molar-refractivity contribution in [1.82, 2.24) is 10.1 Å². The summed E-state index contributed by atoms with van der Waals surface area (Å²) in [6.07, 6.45) is 5.70. The van der Waals surface area contributed by atoms with Crippen molar-refractivity contribution in [3.63, 3.8) is 0 Å². The highest BCUT2D eigenvalue weighted by atomic mass is 16.5. The van der Waals surface area contributed by atoms with Gasteiger partial charge in [-0.05, 0) is 67.6 Å². The summed E-state index contributed by atoms with van der Waals surface area (Å²) in [5, 5.41) is 13.4. The zero-order chi connectivity index (χ0) is 17.1. The molecular weight excluding hydrogens is 316 g/mol. The van der Waals surface area contributed by atoms with Crippen LogP contribution in [0.5, 0.6) is 11.5 Å². The molecule has 4 rings (SSSR count). The minimum Gasteiger partial charge on any atom is -0.508 e. The lowest BCUT2D eigenvalue weighted by Crippen LogP contribution is -2.10. The van der Waals surface area contributed by atoms with Gasteiger partial charge in [-0.1, -0.05) is 17.3 Å². The predicted molar refractivity (Wildman–Crippen MR) is 93.5 cm³/mol. The summed E-state index contributed by atoms with van der Waals surface area (Å²) >= 11 is 0. The molecule has 1 N–H and O–H groups in total. The van der Waals surface area contributed by atoms with Crippen molar-refractivity contribution in [2.75, 3.05) is 0 Å². The number of rotatable bonds is 5. The molecule has 25 heavy (non-hydrogen) atoms. The standard InChI is InChI=1S/C20H20N2O3/c23-16-9-5-14(6-10-16)13-19-21-20(22-25-19)15-7-11-18(12-8-15)24-17-3-1-2-4-17/h5-12,17,23H,1-4,13H2. The van der Waals surface area contributed by atoms with Gasteiger partial charge in [-0.3, -0.25) is 0 Å². The fraction of sp³-hybridized carbons (Fsp3) is 0.300. The average Bonchev–Trinajstić information content (AvgIpc) is 3.30. The van der Waals surface area contributed by atoms with Gasteiger partial charge < -0.3 is 14.4 Å². The smallest absolute Gasteiger partial charge is 0.231 e. The van der Waals surface area contributed by atoms with E-state index in [1.807, 2.05) is 36.4 Å². The Bertz CT molecular complexity index is 819. The van der Waals surface area contributed by atoms with Crippen molar-refractivity contribution in [3.8, 4) is 22.9 Å². The Morgan fingerprint density at radius 2 is 1.72 bits per heavy atom. The van der Waals surface area contributed by atoms with Gasteiger partial charge in [0.25, 0.3) is 0 Å². The second kappa shape index (κ2) is 6.97. The second-order valence-electron chi connectivity index (χ2n) is 6.40. The van der Waals surface area contributed by atoms with Gasteiger partial charge in [-0.15, -0.1) is 0 Å². The van der Waals surface area contributed by atoms with E-state index in [9.17, 15) is 5.11 Å². The van der Waals surface area contributed by atoms with E-state index in [4.69, 9.17) is 9.26 Å². The van der Waals surface area contributed by atoms with E-state index in [1.165, 1.54) is 12.8 Å². The molecule has 1 aliphatic rings. The fourth-order valence-corrected chi connectivity index (χ4v) is 3.11. The van der Waals surface area contributed by atoms with Gasteiger partial charge in [0.15, 0.2) is 0 Å². The third-order valence-electron chi connectivity index (χ3n) is 4.48. The molecule has 1 aromatic heterocycles. The highest BCUT2D eigenvalue weighted by Gasteiger charge is 2.16. The lowest BCUT2D eigenvalue weighted by atomic mass is 10.1. The van der Waals surface area contributed by atoms with E-state index in [-0.39, 0.29) is 5.75 Å². The van der Waals surface area contributed by atoms with Crippen molar-refractivity contribution >= 4 is 0 Å². The number of benzene rings is 2. The third-order valence-corrected chi connectivity index (χ3v) is 4.48. The van der Waals surface area contributed by atoms with E-state index in [2.05, 4.69) is 10.1 Å². The third kappa shape index (κ3) is 3.82. The molecule has 5 heteroatoms. The zero-order valence-electron chi connectivity index (χ0n) is 13.9. The van der Waals surface area contributed by atoms with Crippen LogP contribution < -0.4 is 4.74 Å². The molecule has 2 aromatic carbocycles. The first-order valence-electron chi connectivity index (χ1n) is 8.64. The van der Waals surface area contributed by atoms with Crippen LogP contribution in [0.3, 0.4) is 0 Å². The molecule has 0 atom stereocenters. The topological polar surface area (TPSA) is 68.4 Å². The zero-order valence-corrected chi connectivity index (χ0v) is 13.9. The number of aromatic hydroxyl groups is 1. The van der Waals surface area contributed by atoms with E-state index in [1.54, 1.807) is 12.1 Å². The minimum absolute atomic E-state index is 0.245. The van der Waals surface area contributed by atoms with Crippen molar-refractivity contribution in [1.29, 1.82) is 0 Å². The summed E-state index contributed by atoms with van der Waals surface area (Å²) in [6.45, 7) is 0. The quantitative estimate of drug-likeness (QED) is 0.750. The van der Waals surface area contributed by atoms with E-state index >= 15 is 0 Å². The van der Waals surface area contributed by atoms with Crippen LogP contribution >= 0.6 is 0 Å². The molecule has 128 valence electrons. The molecule has 1 aliphatic carbocycles. The number of hydrogen-bond acceptors (Lipinski definition) is 5. The van der Waals surface area contributed by atoms with E-state index in [0.717, 1.165) is 29.7 Å². The molecule has 0 aliphatic heterocycles. The molecule has 5 nitrogen and oxygen atoms in total. The van der Waals surface area contributed by atoms with Crippen LogP contribution in [0.4, 0.5) is 0 Å². The Labute approximate surface area is 146 Å². The molecule has 0 radical (unpaired) electrons. The number of phenols is 1. The van der Waals surface area contributed by atoms with Crippen molar-refractivity contribution < 1.29 is 14.4 Å². The average molecular weight is 336 g/mol. The summed E-state index contributed by atoms with van der Waals surface area (Å²) in [5.74, 6) is 2.26. The lowest BCUT2D eigenvalue weighted by Gasteiger charge is -2.12. The summed E-state index contributed by atoms with van der Waals surface area (Å²) in [6, 6.07) is 14.8. The monoisotopic (exact) mass is 336 g/mol. The van der Waals surface area contributed by atoms with Gasteiger partial charge in [0, 0.05) is 5.56 Å². The van der Waals surface area contributed by atoms with E-state index in [0.29, 0.717) is 24.2 Å². The summed E-state index contributed by atoms with van der Waals surface area (Å²) in [5.41, 5.74) is 1.91. The SMILES string of the molecule is Oc1ccc(Cc2nc(-c3ccc(OC4CCCC4)cc3)no2)cc1. The number of ether oxygens (including phenoxy) is 1. The summed E-state index contributed by atoms with van der Waals surface area (Å²) < 4.78 is 11.3. The molecule has 0 unspecified atom stereocenters. The number of aromatic nitrogens is 2. The van der Waals surface area contributed by atoms with E-state index < -0.39 is 0 Å². The van der Waals surface area contributed by atoms with Crippen LogP contribution in [-0.4, -0.2) is 21.4 Å². The summed E-state index contributed by atoms with van der Waals surface area (Å²) in [4.78, 5) is 4.45. The largest absolute Gasteiger partial charge is 0.508 e. The Hall–Kier alpha value is -2.82. The van der Waals surface area contributed by atoms with Crippen molar-refractivity contribution in [2.24, 2.45) is 0 Å². The van der Waals surface area contributed by atoms with Crippen molar-refractivity contribution in [3.05, 3.63) is 60.0 Å². The molecular formula is C20H20N2O3. The molecule has 1 fully saturated rings. The maximum absolute atomic E-state index is 9.33. The van der Waals surface area contributed by atoms with Gasteiger partial charge in [0.05, 0.1) is 12.5 Å². The minimum atomic E-state index is 0.245. The van der Waals surface area contributed by atoms with Crippen LogP contribution in [0.1, 0.15) is 37.1 Å². The van der Waals surface area contributed by atoms with Gasteiger partial charge in [-0.25, -0.2) is 0 Å². The Balaban J connectivity index is 1.43. The first-order chi connectivity index (χ1) is 12.3. The van der Waals surface area contributed by atoms with Gasteiger partial charge in [-0.2, -0.15) is 4.98 Å². The van der Waals surface area contributed by atoms with Crippen molar-refractivity contribution in [2.45, 2.75) is 38.2 Å². The van der Waals surface area contributed by atoms with Gasteiger partial charge in [0.2, 0.25) is 11.7 Å². The maximum atomic E-state index is 9.33. The fourth-order valence-electron chi connectivity index (χ4n) is 3.11. The maximum Gasteiger partial charge on any atom is 0.231 e. The van der Waals surface area contributed by atoms with Crippen LogP contribution in [0.15, 0.2) is 53.1 Å². The highest BCUT2D eigenvalue weighted by molar-refractivity contribution is 5.55. The van der Waals surface area contributed by atoms with Crippen LogP contribution in [0, 0.1) is 0 Å². The Morgan fingerprint density at radius 1 is 1.00 bits per heavy atom. The number of phenolic OH excluding ortho intramolecular Hbond substituents is 1. The summed E-state index contributed by atoms with van der Waals surface area (Å²) in [7, 11) is 0.